The normalized spacial score (nSPS) is 14.0. The second-order valence-corrected chi connectivity index (χ2v) is 5.69. The summed E-state index contributed by atoms with van der Waals surface area (Å²) in [5, 5.41) is 0. The van der Waals surface area contributed by atoms with Crippen molar-refractivity contribution in [3.8, 4) is 0 Å². The Morgan fingerprint density at radius 2 is 2.12 bits per heavy atom. The fraction of sp³-hybridized carbons (Fsp3) is 0.500. The lowest BCUT2D eigenvalue weighted by molar-refractivity contribution is 0.380. The highest BCUT2D eigenvalue weighted by Crippen LogP contribution is 2.17. The van der Waals surface area contributed by atoms with Gasteiger partial charge in [-0.3, -0.25) is 0 Å². The summed E-state index contributed by atoms with van der Waals surface area (Å²) in [7, 11) is -1.88. The third-order valence-electron chi connectivity index (χ3n) is 2.65. The minimum Gasteiger partial charge on any atom is -0.384 e. The highest BCUT2D eigenvalue weighted by Gasteiger charge is 2.24. The van der Waals surface area contributed by atoms with Crippen molar-refractivity contribution in [1.82, 2.24) is 9.29 Å². The minimum atomic E-state index is -3.45. The van der Waals surface area contributed by atoms with Crippen molar-refractivity contribution in [2.45, 2.75) is 31.2 Å². The fourth-order valence-corrected chi connectivity index (χ4v) is 2.59. The number of pyridine rings is 1. The second kappa shape index (κ2) is 4.80. The molecule has 0 aliphatic heterocycles. The number of hydrogen-bond donors (Lipinski definition) is 1. The topological polar surface area (TPSA) is 76.3 Å². The fourth-order valence-electron chi connectivity index (χ4n) is 1.20. The summed E-state index contributed by atoms with van der Waals surface area (Å²) >= 11 is 0. The molecule has 1 unspecified atom stereocenters. The molecule has 0 spiro atoms. The lowest BCUT2D eigenvalue weighted by Gasteiger charge is -2.22. The van der Waals surface area contributed by atoms with Crippen molar-refractivity contribution in [1.29, 1.82) is 0 Å². The number of aromatic nitrogens is 1. The summed E-state index contributed by atoms with van der Waals surface area (Å²) in [5.74, 6) is 0.310. The van der Waals surface area contributed by atoms with Crippen LogP contribution in [0.3, 0.4) is 0 Å². The molecular weight excluding hydrogens is 226 g/mol. The van der Waals surface area contributed by atoms with Gasteiger partial charge in [-0.2, -0.15) is 4.31 Å². The molecule has 1 heterocycles. The predicted octanol–water partition coefficient (Wildman–Crippen LogP) is 1.08. The Kier molecular flexibility index (Phi) is 3.88. The van der Waals surface area contributed by atoms with Crippen LogP contribution in [0.4, 0.5) is 5.82 Å². The van der Waals surface area contributed by atoms with E-state index < -0.39 is 10.0 Å². The van der Waals surface area contributed by atoms with Crippen molar-refractivity contribution in [2.75, 3.05) is 12.8 Å². The zero-order chi connectivity index (χ0) is 12.3. The van der Waals surface area contributed by atoms with Crippen molar-refractivity contribution in [3.05, 3.63) is 18.3 Å². The molecule has 0 saturated heterocycles. The summed E-state index contributed by atoms with van der Waals surface area (Å²) in [6.07, 6.45) is 2.04. The van der Waals surface area contributed by atoms with E-state index >= 15 is 0 Å². The molecule has 0 aromatic carbocycles. The van der Waals surface area contributed by atoms with Crippen molar-refractivity contribution in [2.24, 2.45) is 0 Å². The van der Waals surface area contributed by atoms with E-state index in [-0.39, 0.29) is 10.9 Å². The third-order valence-corrected chi connectivity index (χ3v) is 4.60. The van der Waals surface area contributed by atoms with E-state index in [1.165, 1.54) is 22.6 Å². The van der Waals surface area contributed by atoms with E-state index in [0.29, 0.717) is 5.82 Å². The Morgan fingerprint density at radius 1 is 1.50 bits per heavy atom. The molecule has 1 aromatic heterocycles. The van der Waals surface area contributed by atoms with Gasteiger partial charge in [0, 0.05) is 19.3 Å². The average molecular weight is 243 g/mol. The predicted molar refractivity (Wildman–Crippen MR) is 63.4 cm³/mol. The lowest BCUT2D eigenvalue weighted by atomic mass is 10.3. The maximum Gasteiger partial charge on any atom is 0.244 e. The Bertz CT molecular complexity index is 442. The van der Waals surface area contributed by atoms with Gasteiger partial charge in [0.05, 0.1) is 0 Å². The molecule has 2 N–H and O–H groups in total. The van der Waals surface area contributed by atoms with Crippen molar-refractivity contribution in [3.63, 3.8) is 0 Å². The number of nitrogens with two attached hydrogens (primary N) is 1. The number of nitrogens with zero attached hydrogens (tertiary/aromatic N) is 2. The number of rotatable bonds is 4. The van der Waals surface area contributed by atoms with E-state index in [4.69, 9.17) is 5.73 Å². The van der Waals surface area contributed by atoms with Crippen molar-refractivity contribution < 1.29 is 8.42 Å². The molecule has 90 valence electrons. The lowest BCUT2D eigenvalue weighted by Crippen LogP contribution is -2.34. The van der Waals surface area contributed by atoms with Crippen LogP contribution >= 0.6 is 0 Å². The summed E-state index contributed by atoms with van der Waals surface area (Å²) in [4.78, 5) is 3.96. The molecule has 16 heavy (non-hydrogen) atoms. The Morgan fingerprint density at radius 3 is 2.56 bits per heavy atom. The van der Waals surface area contributed by atoms with Gasteiger partial charge >= 0.3 is 0 Å². The minimum absolute atomic E-state index is 0.0393. The number of anilines is 1. The SMILES string of the molecule is CCC(C)N(C)S(=O)(=O)c1ccc(N)nc1. The maximum absolute atomic E-state index is 12.1. The van der Waals surface area contributed by atoms with Gasteiger partial charge in [-0.1, -0.05) is 6.92 Å². The molecule has 0 aliphatic rings. The number of nitrogen functional groups attached to an aromatic ring is 1. The molecule has 0 saturated carbocycles. The van der Waals surface area contributed by atoms with Crippen LogP contribution in [0.2, 0.25) is 0 Å². The first-order valence-electron chi connectivity index (χ1n) is 5.09. The van der Waals surface area contributed by atoms with E-state index in [1.807, 2.05) is 13.8 Å². The number of hydrogen-bond acceptors (Lipinski definition) is 4. The van der Waals surface area contributed by atoms with Crippen LogP contribution in [0.1, 0.15) is 20.3 Å². The van der Waals surface area contributed by atoms with Gasteiger partial charge in [-0.15, -0.1) is 0 Å². The smallest absolute Gasteiger partial charge is 0.244 e. The van der Waals surface area contributed by atoms with Crippen LogP contribution in [-0.4, -0.2) is 30.8 Å². The van der Waals surface area contributed by atoms with Crippen LogP contribution in [0.5, 0.6) is 0 Å². The standard InChI is InChI=1S/C10H17N3O2S/c1-4-8(2)13(3)16(14,15)9-5-6-10(11)12-7-9/h5-8H,4H2,1-3H3,(H2,11,12). The summed E-state index contributed by atoms with van der Waals surface area (Å²) in [6, 6.07) is 2.91. The molecule has 0 bridgehead atoms. The van der Waals surface area contributed by atoms with Gasteiger partial charge in [-0.05, 0) is 25.5 Å². The van der Waals surface area contributed by atoms with E-state index in [2.05, 4.69) is 4.98 Å². The summed E-state index contributed by atoms with van der Waals surface area (Å²) in [5.41, 5.74) is 5.41. The Hall–Kier alpha value is -1.14. The van der Waals surface area contributed by atoms with Gasteiger partial charge in [-0.25, -0.2) is 13.4 Å². The summed E-state index contributed by atoms with van der Waals surface area (Å²) in [6.45, 7) is 3.81. The van der Waals surface area contributed by atoms with Crippen LogP contribution < -0.4 is 5.73 Å². The Labute approximate surface area is 96.3 Å². The first-order chi connectivity index (χ1) is 7.39. The van der Waals surface area contributed by atoms with Crippen LogP contribution in [-0.2, 0) is 10.0 Å². The van der Waals surface area contributed by atoms with E-state index in [1.54, 1.807) is 7.05 Å². The monoisotopic (exact) mass is 243 g/mol. The molecule has 6 heteroatoms. The molecule has 1 aromatic rings. The molecule has 0 radical (unpaired) electrons. The van der Waals surface area contributed by atoms with Crippen LogP contribution in [0.15, 0.2) is 23.2 Å². The quantitative estimate of drug-likeness (QED) is 0.858. The van der Waals surface area contributed by atoms with Gasteiger partial charge in [0.1, 0.15) is 10.7 Å². The zero-order valence-electron chi connectivity index (χ0n) is 9.71. The second-order valence-electron chi connectivity index (χ2n) is 3.70. The molecule has 1 rings (SSSR count). The summed E-state index contributed by atoms with van der Waals surface area (Å²) < 4.78 is 25.5. The molecule has 0 aliphatic carbocycles. The van der Waals surface area contributed by atoms with E-state index in [0.717, 1.165) is 6.42 Å². The average Bonchev–Trinajstić information content (AvgIpc) is 2.27. The number of sulfonamides is 1. The molecule has 1 atom stereocenters. The highest BCUT2D eigenvalue weighted by molar-refractivity contribution is 7.89. The Balaban J connectivity index is 3.07. The molecule has 0 fully saturated rings. The molecule has 5 nitrogen and oxygen atoms in total. The largest absolute Gasteiger partial charge is 0.384 e. The van der Waals surface area contributed by atoms with Crippen LogP contribution in [0.25, 0.3) is 0 Å². The molecule has 0 amide bonds. The van der Waals surface area contributed by atoms with Gasteiger partial charge in [0.2, 0.25) is 10.0 Å². The van der Waals surface area contributed by atoms with E-state index in [9.17, 15) is 8.42 Å². The first kappa shape index (κ1) is 12.9. The van der Waals surface area contributed by atoms with Gasteiger partial charge < -0.3 is 5.73 Å². The van der Waals surface area contributed by atoms with Gasteiger partial charge in [0.15, 0.2) is 0 Å². The molecular formula is C10H17N3O2S. The van der Waals surface area contributed by atoms with Crippen molar-refractivity contribution >= 4 is 15.8 Å². The third kappa shape index (κ3) is 2.51. The van der Waals surface area contributed by atoms with Crippen LogP contribution in [0, 0.1) is 0 Å². The zero-order valence-corrected chi connectivity index (χ0v) is 10.5. The maximum atomic E-state index is 12.1. The first-order valence-corrected chi connectivity index (χ1v) is 6.53. The highest BCUT2D eigenvalue weighted by atomic mass is 32.2. The van der Waals surface area contributed by atoms with Gasteiger partial charge in [0.25, 0.3) is 0 Å².